The van der Waals surface area contributed by atoms with E-state index < -0.39 is 6.04 Å². The standard InChI is InChI=1S/C27H32N4O4.ClH/c1-2-35-27(34)23-6-4-16-31(23)26(33)21-12-13-22-20(17-21)5-3-15-30(22)24(32)14-9-18-7-10-19(11-8-18)25(28)29;/h7-8,10-13,17,23H,2-6,9,14-16H2,1H3,(H3,28,29);1H. The van der Waals surface area contributed by atoms with Crippen molar-refractivity contribution >= 4 is 41.7 Å². The number of likely N-dealkylation sites (tertiary alicyclic amines) is 1. The highest BCUT2D eigenvalue weighted by Crippen LogP contribution is 2.30. The van der Waals surface area contributed by atoms with E-state index in [0.717, 1.165) is 36.1 Å². The molecule has 9 heteroatoms. The van der Waals surface area contributed by atoms with Crippen molar-refractivity contribution in [2.45, 2.75) is 51.5 Å². The molecule has 1 unspecified atom stereocenters. The molecule has 0 spiro atoms. The number of nitrogens with two attached hydrogens (primary N) is 1. The number of nitrogen functional groups attached to an aromatic ring is 1. The second-order valence-corrected chi connectivity index (χ2v) is 9.01. The van der Waals surface area contributed by atoms with Gasteiger partial charge in [-0.15, -0.1) is 12.4 Å². The van der Waals surface area contributed by atoms with Crippen LogP contribution in [0.15, 0.2) is 42.5 Å². The Hall–Kier alpha value is -3.39. The minimum absolute atomic E-state index is 0. The van der Waals surface area contributed by atoms with Gasteiger partial charge in [0.25, 0.3) is 5.91 Å². The number of amidine groups is 1. The van der Waals surface area contributed by atoms with Crippen LogP contribution in [0.4, 0.5) is 5.69 Å². The zero-order valence-corrected chi connectivity index (χ0v) is 21.3. The fraction of sp³-hybridized carbons (Fsp3) is 0.407. The molecule has 1 atom stereocenters. The smallest absolute Gasteiger partial charge is 0.328 e. The van der Waals surface area contributed by atoms with E-state index in [1.807, 2.05) is 29.2 Å². The lowest BCUT2D eigenvalue weighted by atomic mass is 9.97. The maximum atomic E-state index is 13.2. The van der Waals surface area contributed by atoms with Crippen LogP contribution in [0.3, 0.4) is 0 Å². The van der Waals surface area contributed by atoms with Crippen LogP contribution in [0.5, 0.6) is 0 Å². The van der Waals surface area contributed by atoms with Gasteiger partial charge < -0.3 is 20.3 Å². The van der Waals surface area contributed by atoms with E-state index in [9.17, 15) is 14.4 Å². The maximum Gasteiger partial charge on any atom is 0.328 e. The lowest BCUT2D eigenvalue weighted by Crippen LogP contribution is -2.41. The first-order valence-electron chi connectivity index (χ1n) is 12.2. The summed E-state index contributed by atoms with van der Waals surface area (Å²) in [5.74, 6) is -0.441. The summed E-state index contributed by atoms with van der Waals surface area (Å²) in [6, 6.07) is 12.3. The van der Waals surface area contributed by atoms with E-state index >= 15 is 0 Å². The average Bonchev–Trinajstić information content (AvgIpc) is 3.36. The molecule has 2 aromatic carbocycles. The fourth-order valence-corrected chi connectivity index (χ4v) is 4.89. The van der Waals surface area contributed by atoms with Gasteiger partial charge >= 0.3 is 5.97 Å². The molecule has 0 radical (unpaired) electrons. The number of halogens is 1. The summed E-state index contributed by atoms with van der Waals surface area (Å²) in [6.45, 7) is 3.25. The van der Waals surface area contributed by atoms with Gasteiger partial charge in [-0.25, -0.2) is 4.79 Å². The molecule has 2 aliphatic rings. The van der Waals surface area contributed by atoms with Gasteiger partial charge in [-0.1, -0.05) is 24.3 Å². The second-order valence-electron chi connectivity index (χ2n) is 9.01. The largest absolute Gasteiger partial charge is 0.464 e. The third kappa shape index (κ3) is 5.87. The van der Waals surface area contributed by atoms with E-state index in [-0.39, 0.29) is 36.0 Å². The number of carbonyl (C=O) groups is 3. The van der Waals surface area contributed by atoms with Gasteiger partial charge in [0.05, 0.1) is 6.61 Å². The van der Waals surface area contributed by atoms with Gasteiger partial charge in [0.15, 0.2) is 0 Å². The number of amides is 2. The Kier molecular flexibility index (Phi) is 9.09. The summed E-state index contributed by atoms with van der Waals surface area (Å²) < 4.78 is 5.15. The number of rotatable bonds is 7. The van der Waals surface area contributed by atoms with Crippen LogP contribution in [0.2, 0.25) is 0 Å². The third-order valence-corrected chi connectivity index (χ3v) is 6.71. The minimum atomic E-state index is -0.527. The third-order valence-electron chi connectivity index (χ3n) is 6.71. The van der Waals surface area contributed by atoms with Crippen LogP contribution in [-0.4, -0.2) is 54.3 Å². The first-order valence-corrected chi connectivity index (χ1v) is 12.2. The van der Waals surface area contributed by atoms with Crippen LogP contribution in [0.1, 0.15) is 59.7 Å². The lowest BCUT2D eigenvalue weighted by molar-refractivity contribution is -0.147. The van der Waals surface area contributed by atoms with Crippen molar-refractivity contribution in [3.63, 3.8) is 0 Å². The highest BCUT2D eigenvalue weighted by Gasteiger charge is 2.36. The predicted molar refractivity (Wildman–Crippen MR) is 141 cm³/mol. The molecule has 0 aromatic heterocycles. The van der Waals surface area contributed by atoms with Crippen LogP contribution in [0, 0.1) is 5.41 Å². The van der Waals surface area contributed by atoms with E-state index in [1.54, 1.807) is 30.0 Å². The van der Waals surface area contributed by atoms with E-state index in [1.165, 1.54) is 0 Å². The number of hydrogen-bond donors (Lipinski definition) is 2. The molecule has 2 aromatic rings. The molecule has 36 heavy (non-hydrogen) atoms. The Morgan fingerprint density at radius 2 is 1.78 bits per heavy atom. The van der Waals surface area contributed by atoms with Crippen molar-refractivity contribution in [1.29, 1.82) is 5.41 Å². The molecule has 1 fully saturated rings. The molecule has 2 aliphatic heterocycles. The number of fused-ring (bicyclic) bond motifs is 1. The number of anilines is 1. The Bertz CT molecular complexity index is 1140. The second kappa shape index (κ2) is 12.0. The van der Waals surface area contributed by atoms with Gasteiger partial charge in [-0.05, 0) is 68.4 Å². The normalized spacial score (nSPS) is 16.6. The highest BCUT2D eigenvalue weighted by molar-refractivity contribution is 5.99. The van der Waals surface area contributed by atoms with Crippen molar-refractivity contribution in [1.82, 2.24) is 4.90 Å². The number of nitrogens with zero attached hydrogens (tertiary/aromatic N) is 2. The molecule has 3 N–H and O–H groups in total. The minimum Gasteiger partial charge on any atom is -0.464 e. The van der Waals surface area contributed by atoms with Crippen molar-refractivity contribution in [2.75, 3.05) is 24.6 Å². The molecule has 1 saturated heterocycles. The number of carbonyl (C=O) groups excluding carboxylic acids is 3. The topological polar surface area (TPSA) is 117 Å². The van der Waals surface area contributed by atoms with Crippen LogP contribution < -0.4 is 10.6 Å². The number of nitrogens with one attached hydrogen (secondary N) is 1. The zero-order chi connectivity index (χ0) is 24.9. The summed E-state index contributed by atoms with van der Waals surface area (Å²) in [5, 5.41) is 7.49. The molecule has 8 nitrogen and oxygen atoms in total. The Labute approximate surface area is 217 Å². The molecule has 2 heterocycles. The molecule has 0 aliphatic carbocycles. The monoisotopic (exact) mass is 512 g/mol. The Morgan fingerprint density at radius 1 is 1.06 bits per heavy atom. The van der Waals surface area contributed by atoms with Gasteiger partial charge in [0, 0.05) is 36.3 Å². The first kappa shape index (κ1) is 27.2. The average molecular weight is 513 g/mol. The Morgan fingerprint density at radius 3 is 2.47 bits per heavy atom. The number of benzene rings is 2. The molecule has 0 bridgehead atoms. The summed E-state index contributed by atoms with van der Waals surface area (Å²) >= 11 is 0. The maximum absolute atomic E-state index is 13.2. The van der Waals surface area contributed by atoms with E-state index in [4.69, 9.17) is 15.9 Å². The molecule has 192 valence electrons. The van der Waals surface area contributed by atoms with Crippen LogP contribution in [-0.2, 0) is 27.2 Å². The summed E-state index contributed by atoms with van der Waals surface area (Å²) in [5.41, 5.74) is 9.56. The van der Waals surface area contributed by atoms with E-state index in [2.05, 4.69) is 0 Å². The van der Waals surface area contributed by atoms with Gasteiger partial charge in [0.1, 0.15) is 11.9 Å². The first-order chi connectivity index (χ1) is 16.9. The molecular formula is C27H33ClN4O4. The van der Waals surface area contributed by atoms with E-state index in [0.29, 0.717) is 50.1 Å². The lowest BCUT2D eigenvalue weighted by Gasteiger charge is -2.30. The van der Waals surface area contributed by atoms with Crippen molar-refractivity contribution < 1.29 is 19.1 Å². The number of ether oxygens (including phenoxy) is 1. The summed E-state index contributed by atoms with van der Waals surface area (Å²) in [7, 11) is 0. The molecule has 0 saturated carbocycles. The highest BCUT2D eigenvalue weighted by atomic mass is 35.5. The molecule has 2 amide bonds. The van der Waals surface area contributed by atoms with Gasteiger partial charge in [-0.3, -0.25) is 15.0 Å². The quantitative estimate of drug-likeness (QED) is 0.334. The van der Waals surface area contributed by atoms with Crippen LogP contribution in [0.25, 0.3) is 0 Å². The SMILES string of the molecule is CCOC(=O)C1CCCN1C(=O)c1ccc2c(c1)CCCN2C(=O)CCc1ccc(C(=N)N)cc1.Cl. The van der Waals surface area contributed by atoms with Gasteiger partial charge in [0.2, 0.25) is 5.91 Å². The van der Waals surface area contributed by atoms with Gasteiger partial charge in [-0.2, -0.15) is 0 Å². The molecule has 4 rings (SSSR count). The zero-order valence-electron chi connectivity index (χ0n) is 20.5. The Balaban J connectivity index is 0.00000361. The number of hydrogen-bond acceptors (Lipinski definition) is 5. The van der Waals surface area contributed by atoms with Crippen molar-refractivity contribution in [2.24, 2.45) is 5.73 Å². The summed E-state index contributed by atoms with van der Waals surface area (Å²) in [6.07, 6.45) is 4.00. The summed E-state index contributed by atoms with van der Waals surface area (Å²) in [4.78, 5) is 42.0. The van der Waals surface area contributed by atoms with Crippen molar-refractivity contribution in [3.8, 4) is 0 Å². The number of esters is 1. The number of aryl methyl sites for hydroxylation is 2. The predicted octanol–water partition coefficient (Wildman–Crippen LogP) is 3.47. The van der Waals surface area contributed by atoms with Crippen LogP contribution >= 0.6 is 12.4 Å². The van der Waals surface area contributed by atoms with Crippen molar-refractivity contribution in [3.05, 3.63) is 64.7 Å². The fourth-order valence-electron chi connectivity index (χ4n) is 4.89. The molecular weight excluding hydrogens is 480 g/mol.